The van der Waals surface area contributed by atoms with E-state index in [0.717, 1.165) is 24.0 Å². The first kappa shape index (κ1) is 21.8. The summed E-state index contributed by atoms with van der Waals surface area (Å²) in [6.07, 6.45) is 1.71. The first-order chi connectivity index (χ1) is 14.3. The minimum atomic E-state index is -3.53. The van der Waals surface area contributed by atoms with E-state index in [0.29, 0.717) is 18.8 Å². The molecule has 0 unspecified atom stereocenters. The van der Waals surface area contributed by atoms with Gasteiger partial charge in [0, 0.05) is 18.7 Å². The Balaban J connectivity index is 1.50. The predicted octanol–water partition coefficient (Wildman–Crippen LogP) is 1.93. The van der Waals surface area contributed by atoms with Crippen molar-refractivity contribution in [1.29, 1.82) is 0 Å². The normalized spacial score (nSPS) is 14.3. The zero-order chi connectivity index (χ0) is 21.7. The topological polar surface area (TPSA) is 105 Å². The van der Waals surface area contributed by atoms with Crippen molar-refractivity contribution in [3.05, 3.63) is 59.2 Å². The lowest BCUT2D eigenvalue weighted by atomic mass is 10.1. The summed E-state index contributed by atoms with van der Waals surface area (Å²) < 4.78 is 31.9. The van der Waals surface area contributed by atoms with Gasteiger partial charge in [-0.25, -0.2) is 8.42 Å². The van der Waals surface area contributed by atoms with E-state index in [4.69, 9.17) is 4.74 Å². The Morgan fingerprint density at radius 1 is 0.967 bits per heavy atom. The van der Waals surface area contributed by atoms with E-state index in [-0.39, 0.29) is 17.1 Å². The summed E-state index contributed by atoms with van der Waals surface area (Å²) in [6.45, 7) is 4.71. The number of benzene rings is 2. The van der Waals surface area contributed by atoms with Crippen LogP contribution in [0.3, 0.4) is 0 Å². The van der Waals surface area contributed by atoms with Crippen LogP contribution in [-0.4, -0.2) is 44.2 Å². The lowest BCUT2D eigenvalue weighted by Gasteiger charge is -2.15. The van der Waals surface area contributed by atoms with Crippen LogP contribution in [0.4, 0.5) is 0 Å². The van der Waals surface area contributed by atoms with Gasteiger partial charge >= 0.3 is 0 Å². The number of aryl methyl sites for hydroxylation is 2. The molecule has 0 aliphatic carbocycles. The number of nitrogens with one attached hydrogen (secondary N) is 2. The maximum absolute atomic E-state index is 12.5. The Bertz CT molecular complexity index is 1030. The van der Waals surface area contributed by atoms with Gasteiger partial charge in [-0.15, -0.1) is 0 Å². The van der Waals surface area contributed by atoms with Gasteiger partial charge in [0.2, 0.25) is 10.0 Å². The number of nitrogens with zero attached hydrogens (tertiary/aromatic N) is 1. The molecule has 1 saturated heterocycles. The molecule has 160 valence electrons. The van der Waals surface area contributed by atoms with Crippen molar-refractivity contribution in [3.63, 3.8) is 0 Å². The fourth-order valence-corrected chi connectivity index (χ4v) is 4.56. The van der Waals surface area contributed by atoms with Gasteiger partial charge in [-0.2, -0.15) is 4.31 Å². The Hall–Kier alpha value is -2.91. The average Bonchev–Trinajstić information content (AvgIpc) is 3.29. The molecule has 2 aromatic carbocycles. The zero-order valence-electron chi connectivity index (χ0n) is 17.0. The highest BCUT2D eigenvalue weighted by Gasteiger charge is 2.27. The third kappa shape index (κ3) is 5.17. The number of hydrogen-bond acceptors (Lipinski definition) is 5. The van der Waals surface area contributed by atoms with E-state index in [2.05, 4.69) is 10.9 Å². The van der Waals surface area contributed by atoms with Gasteiger partial charge in [-0.1, -0.05) is 6.07 Å². The molecule has 0 spiro atoms. The quantitative estimate of drug-likeness (QED) is 0.680. The van der Waals surface area contributed by atoms with Crippen molar-refractivity contribution in [1.82, 2.24) is 15.2 Å². The molecule has 0 bridgehead atoms. The molecule has 8 nitrogen and oxygen atoms in total. The summed E-state index contributed by atoms with van der Waals surface area (Å²) in [5.41, 5.74) is 6.97. The minimum absolute atomic E-state index is 0.145. The average molecular weight is 432 g/mol. The highest BCUT2D eigenvalue weighted by atomic mass is 32.2. The molecule has 1 heterocycles. The minimum Gasteiger partial charge on any atom is -0.484 e. The Morgan fingerprint density at radius 3 is 2.27 bits per heavy atom. The van der Waals surface area contributed by atoms with Crippen LogP contribution in [0.15, 0.2) is 47.4 Å². The largest absolute Gasteiger partial charge is 0.484 e. The molecule has 0 aromatic heterocycles. The van der Waals surface area contributed by atoms with E-state index >= 15 is 0 Å². The molecular weight excluding hydrogens is 406 g/mol. The van der Waals surface area contributed by atoms with Crippen LogP contribution in [0.1, 0.15) is 34.3 Å². The van der Waals surface area contributed by atoms with Crippen LogP contribution in [0.25, 0.3) is 0 Å². The zero-order valence-corrected chi connectivity index (χ0v) is 17.8. The first-order valence-electron chi connectivity index (χ1n) is 9.67. The summed E-state index contributed by atoms with van der Waals surface area (Å²) in [5, 5.41) is 0. The maximum Gasteiger partial charge on any atom is 0.276 e. The van der Waals surface area contributed by atoms with Gasteiger partial charge in [-0.05, 0) is 74.2 Å². The summed E-state index contributed by atoms with van der Waals surface area (Å²) in [4.78, 5) is 24.2. The molecule has 30 heavy (non-hydrogen) atoms. The second-order valence-corrected chi connectivity index (χ2v) is 9.11. The second kappa shape index (κ2) is 9.27. The number of rotatable bonds is 6. The summed E-state index contributed by atoms with van der Waals surface area (Å²) >= 11 is 0. The van der Waals surface area contributed by atoms with Crippen LogP contribution in [0, 0.1) is 13.8 Å². The summed E-state index contributed by atoms with van der Waals surface area (Å²) in [6, 6.07) is 11.1. The first-order valence-corrected chi connectivity index (χ1v) is 11.1. The highest BCUT2D eigenvalue weighted by Crippen LogP contribution is 2.21. The lowest BCUT2D eigenvalue weighted by molar-refractivity contribution is -0.123. The van der Waals surface area contributed by atoms with Gasteiger partial charge in [0.25, 0.3) is 11.8 Å². The highest BCUT2D eigenvalue weighted by molar-refractivity contribution is 7.89. The number of hydrazine groups is 1. The number of ether oxygens (including phenoxy) is 1. The monoisotopic (exact) mass is 431 g/mol. The Kier molecular flexibility index (Phi) is 6.73. The molecule has 1 aliphatic rings. The van der Waals surface area contributed by atoms with Crippen LogP contribution in [0.2, 0.25) is 0 Å². The molecule has 2 aromatic rings. The Labute approximate surface area is 176 Å². The lowest BCUT2D eigenvalue weighted by Crippen LogP contribution is -2.43. The SMILES string of the molecule is Cc1ccc(OCC(=O)NNC(=O)c2ccc(S(=O)(=O)N3CCCC3)cc2)cc1C. The van der Waals surface area contributed by atoms with Gasteiger partial charge in [0.1, 0.15) is 5.75 Å². The fourth-order valence-electron chi connectivity index (χ4n) is 3.04. The third-order valence-corrected chi connectivity index (χ3v) is 6.90. The molecule has 2 amide bonds. The van der Waals surface area contributed by atoms with Crippen LogP contribution in [-0.2, 0) is 14.8 Å². The van der Waals surface area contributed by atoms with Crippen LogP contribution in [0.5, 0.6) is 5.75 Å². The molecule has 2 N–H and O–H groups in total. The summed E-state index contributed by atoms with van der Waals surface area (Å²) in [5.74, 6) is -0.510. The third-order valence-electron chi connectivity index (χ3n) is 4.98. The number of carbonyl (C=O) groups is 2. The van der Waals surface area contributed by atoms with E-state index in [1.54, 1.807) is 6.07 Å². The van der Waals surface area contributed by atoms with Gasteiger partial charge in [0.15, 0.2) is 6.61 Å². The number of sulfonamides is 1. The maximum atomic E-state index is 12.5. The molecular formula is C21H25N3O5S. The molecule has 9 heteroatoms. The number of hydrogen-bond donors (Lipinski definition) is 2. The van der Waals surface area contributed by atoms with Crippen molar-refractivity contribution in [2.24, 2.45) is 0 Å². The van der Waals surface area contributed by atoms with Gasteiger partial charge in [-0.3, -0.25) is 20.4 Å². The van der Waals surface area contributed by atoms with Gasteiger partial charge in [0.05, 0.1) is 4.90 Å². The molecule has 0 radical (unpaired) electrons. The van der Waals surface area contributed by atoms with E-state index in [9.17, 15) is 18.0 Å². The fraction of sp³-hybridized carbons (Fsp3) is 0.333. The molecule has 1 aliphatic heterocycles. The van der Waals surface area contributed by atoms with Crippen molar-refractivity contribution in [2.45, 2.75) is 31.6 Å². The van der Waals surface area contributed by atoms with Gasteiger partial charge < -0.3 is 4.74 Å². The van der Waals surface area contributed by atoms with Crippen molar-refractivity contribution in [2.75, 3.05) is 19.7 Å². The van der Waals surface area contributed by atoms with Crippen LogP contribution < -0.4 is 15.6 Å². The predicted molar refractivity (Wildman–Crippen MR) is 111 cm³/mol. The molecule has 0 atom stereocenters. The van der Waals surface area contributed by atoms with E-state index in [1.807, 2.05) is 26.0 Å². The molecule has 3 rings (SSSR count). The van der Waals surface area contributed by atoms with Crippen molar-refractivity contribution < 1.29 is 22.7 Å². The molecule has 0 saturated carbocycles. The van der Waals surface area contributed by atoms with E-state index in [1.165, 1.54) is 28.6 Å². The van der Waals surface area contributed by atoms with Crippen molar-refractivity contribution >= 4 is 21.8 Å². The second-order valence-electron chi connectivity index (χ2n) is 7.17. The Morgan fingerprint density at radius 2 is 1.63 bits per heavy atom. The number of amides is 2. The smallest absolute Gasteiger partial charge is 0.276 e. The molecule has 1 fully saturated rings. The standard InChI is InChI=1S/C21H25N3O5S/c1-15-5-8-18(13-16(15)2)29-14-20(25)22-23-21(26)17-6-9-19(10-7-17)30(27,28)24-11-3-4-12-24/h5-10,13H,3-4,11-12,14H2,1-2H3,(H,22,25)(H,23,26). The number of carbonyl (C=O) groups excluding carboxylic acids is 2. The van der Waals surface area contributed by atoms with E-state index < -0.39 is 21.8 Å². The summed E-state index contributed by atoms with van der Waals surface area (Å²) in [7, 11) is -3.53. The van der Waals surface area contributed by atoms with Crippen LogP contribution >= 0.6 is 0 Å². The van der Waals surface area contributed by atoms with Crippen molar-refractivity contribution in [3.8, 4) is 5.75 Å².